The van der Waals surface area contributed by atoms with Gasteiger partial charge in [0.25, 0.3) is 0 Å². The first-order valence-corrected chi connectivity index (χ1v) is 7.49. The van der Waals surface area contributed by atoms with Gasteiger partial charge in [0.05, 0.1) is 13.3 Å². The Morgan fingerprint density at radius 1 is 1.05 bits per heavy atom. The van der Waals surface area contributed by atoms with Crippen molar-refractivity contribution < 1.29 is 13.9 Å². The van der Waals surface area contributed by atoms with Crippen LogP contribution in [0.1, 0.15) is 30.5 Å². The fraction of sp³-hybridized carbons (Fsp3) is 0.333. The monoisotopic (exact) mass is 303 g/mol. The van der Waals surface area contributed by atoms with Gasteiger partial charge in [0.2, 0.25) is 0 Å². The van der Waals surface area contributed by atoms with E-state index >= 15 is 0 Å². The van der Waals surface area contributed by atoms with Crippen LogP contribution in [-0.2, 0) is 6.61 Å². The van der Waals surface area contributed by atoms with Crippen molar-refractivity contribution in [2.24, 2.45) is 5.73 Å². The van der Waals surface area contributed by atoms with Crippen molar-refractivity contribution >= 4 is 0 Å². The van der Waals surface area contributed by atoms with Crippen molar-refractivity contribution in [3.05, 3.63) is 59.7 Å². The molecule has 0 spiro atoms. The molecule has 0 aromatic heterocycles. The summed E-state index contributed by atoms with van der Waals surface area (Å²) < 4.78 is 23.9. The van der Waals surface area contributed by atoms with Gasteiger partial charge in [-0.3, -0.25) is 4.39 Å². The molecule has 0 aliphatic rings. The Morgan fingerprint density at radius 2 is 1.82 bits per heavy atom. The summed E-state index contributed by atoms with van der Waals surface area (Å²) in [5.41, 5.74) is 7.89. The third-order valence-electron chi connectivity index (χ3n) is 3.35. The summed E-state index contributed by atoms with van der Waals surface area (Å²) in [6.07, 6.45) is 0.301. The smallest absolute Gasteiger partial charge is 0.161 e. The summed E-state index contributed by atoms with van der Waals surface area (Å²) in [6, 6.07) is 15.1. The molecule has 0 saturated carbocycles. The molecule has 22 heavy (non-hydrogen) atoms. The predicted octanol–water partition coefficient (Wildman–Crippen LogP) is 4.02. The number of alkyl halides is 1. The average Bonchev–Trinajstić information content (AvgIpc) is 2.55. The zero-order valence-electron chi connectivity index (χ0n) is 12.8. The quantitative estimate of drug-likeness (QED) is 0.801. The van der Waals surface area contributed by atoms with Gasteiger partial charge in [-0.1, -0.05) is 36.4 Å². The molecule has 2 rings (SSSR count). The molecule has 0 unspecified atom stereocenters. The second-order valence-corrected chi connectivity index (χ2v) is 5.00. The van der Waals surface area contributed by atoms with Crippen LogP contribution in [-0.4, -0.2) is 13.3 Å². The van der Waals surface area contributed by atoms with Gasteiger partial charge < -0.3 is 15.2 Å². The Labute approximate surface area is 130 Å². The topological polar surface area (TPSA) is 44.5 Å². The van der Waals surface area contributed by atoms with Crippen LogP contribution >= 0.6 is 0 Å². The summed E-state index contributed by atoms with van der Waals surface area (Å²) >= 11 is 0. The summed E-state index contributed by atoms with van der Waals surface area (Å²) in [7, 11) is 0. The molecule has 4 heteroatoms. The van der Waals surface area contributed by atoms with Crippen molar-refractivity contribution in [3.8, 4) is 11.5 Å². The van der Waals surface area contributed by atoms with Crippen LogP contribution in [0.25, 0.3) is 0 Å². The van der Waals surface area contributed by atoms with Gasteiger partial charge in [-0.25, -0.2) is 0 Å². The Hall–Kier alpha value is -2.07. The van der Waals surface area contributed by atoms with E-state index in [9.17, 15) is 4.39 Å². The number of rotatable bonds is 8. The molecule has 118 valence electrons. The highest BCUT2D eigenvalue weighted by Gasteiger charge is 2.11. The fourth-order valence-corrected chi connectivity index (χ4v) is 2.16. The van der Waals surface area contributed by atoms with Crippen molar-refractivity contribution in [2.75, 3.05) is 13.3 Å². The lowest BCUT2D eigenvalue weighted by Crippen LogP contribution is -2.11. The van der Waals surface area contributed by atoms with E-state index in [0.717, 1.165) is 11.1 Å². The third kappa shape index (κ3) is 4.46. The molecule has 0 bridgehead atoms. The highest BCUT2D eigenvalue weighted by molar-refractivity contribution is 5.44. The van der Waals surface area contributed by atoms with E-state index in [1.165, 1.54) is 0 Å². The molecule has 0 radical (unpaired) electrons. The molecule has 0 amide bonds. The molecule has 0 saturated heterocycles. The highest BCUT2D eigenvalue weighted by atomic mass is 19.1. The Balaban J connectivity index is 2.12. The van der Waals surface area contributed by atoms with E-state index in [1.807, 2.05) is 55.5 Å². The number of hydrogen-bond donors (Lipinski definition) is 1. The maximum Gasteiger partial charge on any atom is 0.161 e. The van der Waals surface area contributed by atoms with Crippen LogP contribution in [0.15, 0.2) is 48.5 Å². The molecule has 0 fully saturated rings. The second kappa shape index (κ2) is 8.39. The third-order valence-corrected chi connectivity index (χ3v) is 3.35. The normalized spacial score (nSPS) is 12.0. The summed E-state index contributed by atoms with van der Waals surface area (Å²) in [5, 5.41) is 0. The zero-order chi connectivity index (χ0) is 15.8. The number of hydrogen-bond acceptors (Lipinski definition) is 3. The van der Waals surface area contributed by atoms with Crippen molar-refractivity contribution in [3.63, 3.8) is 0 Å². The minimum Gasteiger partial charge on any atom is -0.490 e. The SMILES string of the molecule is CCOc1cc([C@H](N)CCF)ccc1OCc1ccccc1. The largest absolute Gasteiger partial charge is 0.490 e. The van der Waals surface area contributed by atoms with Gasteiger partial charge in [0.1, 0.15) is 6.61 Å². The molecule has 2 aromatic carbocycles. The molecule has 0 aliphatic heterocycles. The van der Waals surface area contributed by atoms with Gasteiger partial charge in [-0.2, -0.15) is 0 Å². The maximum atomic E-state index is 12.4. The first-order valence-electron chi connectivity index (χ1n) is 7.49. The van der Waals surface area contributed by atoms with Crippen LogP contribution in [0.2, 0.25) is 0 Å². The molecular formula is C18H22FNO2. The zero-order valence-corrected chi connectivity index (χ0v) is 12.8. The van der Waals surface area contributed by atoms with E-state index in [2.05, 4.69) is 0 Å². The van der Waals surface area contributed by atoms with Gasteiger partial charge >= 0.3 is 0 Å². The van der Waals surface area contributed by atoms with Crippen molar-refractivity contribution in [1.29, 1.82) is 0 Å². The van der Waals surface area contributed by atoms with E-state index in [4.69, 9.17) is 15.2 Å². The van der Waals surface area contributed by atoms with E-state index in [-0.39, 0.29) is 6.04 Å². The average molecular weight is 303 g/mol. The fourth-order valence-electron chi connectivity index (χ4n) is 2.16. The van der Waals surface area contributed by atoms with E-state index in [1.54, 1.807) is 0 Å². The van der Waals surface area contributed by atoms with Crippen molar-refractivity contribution in [2.45, 2.75) is 26.0 Å². The molecular weight excluding hydrogens is 281 g/mol. The molecule has 1 atom stereocenters. The lowest BCUT2D eigenvalue weighted by molar-refractivity contribution is 0.269. The first-order chi connectivity index (χ1) is 10.7. The number of benzene rings is 2. The minimum absolute atomic E-state index is 0.301. The van der Waals surface area contributed by atoms with Crippen LogP contribution in [0.5, 0.6) is 11.5 Å². The number of nitrogens with two attached hydrogens (primary N) is 1. The Bertz CT molecular complexity index is 575. The lowest BCUT2D eigenvalue weighted by Gasteiger charge is -2.16. The van der Waals surface area contributed by atoms with E-state index in [0.29, 0.717) is 31.1 Å². The van der Waals surface area contributed by atoms with Crippen molar-refractivity contribution in [1.82, 2.24) is 0 Å². The number of ether oxygens (including phenoxy) is 2. The van der Waals surface area contributed by atoms with Gasteiger partial charge in [-0.15, -0.1) is 0 Å². The van der Waals surface area contributed by atoms with Gasteiger partial charge in [-0.05, 0) is 36.6 Å². The number of halogens is 1. The lowest BCUT2D eigenvalue weighted by atomic mass is 10.0. The van der Waals surface area contributed by atoms with Crippen LogP contribution in [0, 0.1) is 0 Å². The summed E-state index contributed by atoms with van der Waals surface area (Å²) in [5.74, 6) is 1.31. The summed E-state index contributed by atoms with van der Waals surface area (Å²) in [4.78, 5) is 0. The predicted molar refractivity (Wildman–Crippen MR) is 85.9 cm³/mol. The molecule has 3 nitrogen and oxygen atoms in total. The maximum absolute atomic E-state index is 12.4. The minimum atomic E-state index is -0.433. The van der Waals surface area contributed by atoms with Gasteiger partial charge in [0, 0.05) is 6.04 Å². The van der Waals surface area contributed by atoms with Gasteiger partial charge in [0.15, 0.2) is 11.5 Å². The van der Waals surface area contributed by atoms with E-state index < -0.39 is 6.67 Å². The first kappa shape index (κ1) is 16.3. The Morgan fingerprint density at radius 3 is 2.50 bits per heavy atom. The Kier molecular flexibility index (Phi) is 6.22. The van der Waals surface area contributed by atoms with Crippen LogP contribution in [0.4, 0.5) is 4.39 Å². The summed E-state index contributed by atoms with van der Waals surface area (Å²) in [6.45, 7) is 2.48. The molecule has 0 heterocycles. The molecule has 2 N–H and O–H groups in total. The highest BCUT2D eigenvalue weighted by Crippen LogP contribution is 2.31. The standard InChI is InChI=1S/C18H22FNO2/c1-2-21-18-12-15(16(20)10-11-19)8-9-17(18)22-13-14-6-4-3-5-7-14/h3-9,12,16H,2,10-11,13,20H2,1H3/t16-/m1/s1. The molecule has 2 aromatic rings. The second-order valence-electron chi connectivity index (χ2n) is 5.00. The molecule has 0 aliphatic carbocycles. The van der Waals surface area contributed by atoms with Crippen LogP contribution < -0.4 is 15.2 Å². The van der Waals surface area contributed by atoms with Crippen LogP contribution in [0.3, 0.4) is 0 Å².